The molecule has 0 aromatic heterocycles. The summed E-state index contributed by atoms with van der Waals surface area (Å²) in [7, 11) is -3.59. The van der Waals surface area contributed by atoms with Gasteiger partial charge in [0.1, 0.15) is 0 Å². The molecule has 0 amide bonds. The summed E-state index contributed by atoms with van der Waals surface area (Å²) >= 11 is 0. The van der Waals surface area contributed by atoms with Gasteiger partial charge in [-0.05, 0) is 36.6 Å². The first-order valence-electron chi connectivity index (χ1n) is 7.72. The molecule has 2 aromatic carbocycles. The highest BCUT2D eigenvalue weighted by Gasteiger charge is 2.43. The van der Waals surface area contributed by atoms with Crippen molar-refractivity contribution in [1.82, 2.24) is 4.31 Å². The molecule has 0 fully saturated rings. The van der Waals surface area contributed by atoms with E-state index in [4.69, 9.17) is 0 Å². The summed E-state index contributed by atoms with van der Waals surface area (Å²) in [5.74, 6) is 0.0397. The van der Waals surface area contributed by atoms with Gasteiger partial charge in [0.25, 0.3) is 0 Å². The van der Waals surface area contributed by atoms with Crippen LogP contribution in [0.1, 0.15) is 39.5 Å². The molecule has 4 rings (SSSR count). The molecule has 0 bridgehead atoms. The predicted molar refractivity (Wildman–Crippen MR) is 86.9 cm³/mol. The molecule has 118 valence electrons. The van der Waals surface area contributed by atoms with E-state index < -0.39 is 10.0 Å². The van der Waals surface area contributed by atoms with E-state index in [2.05, 4.69) is 0 Å². The fourth-order valence-corrected chi connectivity index (χ4v) is 5.22. The molecule has 1 aliphatic carbocycles. The quantitative estimate of drug-likeness (QED) is 0.852. The lowest BCUT2D eigenvalue weighted by molar-refractivity contribution is 0.0975. The molecule has 1 atom stereocenters. The molecule has 0 spiro atoms. The van der Waals surface area contributed by atoms with Gasteiger partial charge in [0.15, 0.2) is 5.78 Å². The minimum atomic E-state index is -3.59. The Morgan fingerprint density at radius 3 is 2.57 bits per heavy atom. The van der Waals surface area contributed by atoms with Crippen LogP contribution in [0.25, 0.3) is 0 Å². The van der Waals surface area contributed by atoms with E-state index >= 15 is 0 Å². The molecule has 5 heteroatoms. The van der Waals surface area contributed by atoms with Gasteiger partial charge in [-0.2, -0.15) is 4.31 Å². The zero-order valence-electron chi connectivity index (χ0n) is 12.8. The first kappa shape index (κ1) is 14.6. The zero-order valence-corrected chi connectivity index (χ0v) is 13.6. The van der Waals surface area contributed by atoms with Gasteiger partial charge < -0.3 is 0 Å². The predicted octanol–water partition coefficient (Wildman–Crippen LogP) is 2.87. The van der Waals surface area contributed by atoms with E-state index in [0.717, 1.165) is 16.7 Å². The monoisotopic (exact) mass is 327 g/mol. The summed E-state index contributed by atoms with van der Waals surface area (Å²) in [6, 6.07) is 12.2. The molecule has 1 aliphatic heterocycles. The highest BCUT2D eigenvalue weighted by atomic mass is 32.2. The Balaban J connectivity index is 1.80. The van der Waals surface area contributed by atoms with Crippen molar-refractivity contribution in [3.05, 3.63) is 64.7 Å². The number of carbonyl (C=O) groups is 1. The van der Waals surface area contributed by atoms with Crippen molar-refractivity contribution in [3.63, 3.8) is 0 Å². The number of carbonyl (C=O) groups excluding carboxylic acids is 1. The van der Waals surface area contributed by atoms with Crippen LogP contribution in [0.5, 0.6) is 0 Å². The molecule has 4 nitrogen and oxygen atoms in total. The van der Waals surface area contributed by atoms with E-state index in [1.807, 2.05) is 25.1 Å². The Hall–Kier alpha value is -1.98. The summed E-state index contributed by atoms with van der Waals surface area (Å²) in [4.78, 5) is 12.5. The van der Waals surface area contributed by atoms with Crippen molar-refractivity contribution >= 4 is 15.8 Å². The van der Waals surface area contributed by atoms with Crippen molar-refractivity contribution in [2.75, 3.05) is 6.54 Å². The number of hydrogen-bond donors (Lipinski definition) is 0. The molecule has 0 N–H and O–H groups in total. The molecular weight excluding hydrogens is 310 g/mol. The summed E-state index contributed by atoms with van der Waals surface area (Å²) in [5.41, 5.74) is 3.73. The molecule has 2 aliphatic rings. The van der Waals surface area contributed by atoms with Gasteiger partial charge in [0, 0.05) is 18.5 Å². The Morgan fingerprint density at radius 2 is 1.83 bits per heavy atom. The largest absolute Gasteiger partial charge is 0.294 e. The van der Waals surface area contributed by atoms with Gasteiger partial charge in [-0.3, -0.25) is 4.79 Å². The van der Waals surface area contributed by atoms with Crippen molar-refractivity contribution in [2.45, 2.75) is 30.7 Å². The van der Waals surface area contributed by atoms with E-state index in [0.29, 0.717) is 23.4 Å². The normalized spacial score (nSPS) is 20.6. The maximum atomic E-state index is 13.0. The van der Waals surface area contributed by atoms with Gasteiger partial charge >= 0.3 is 0 Å². The van der Waals surface area contributed by atoms with Crippen LogP contribution < -0.4 is 0 Å². The van der Waals surface area contributed by atoms with Crippen molar-refractivity contribution < 1.29 is 13.2 Å². The molecule has 1 unspecified atom stereocenters. The number of ketones is 1. The van der Waals surface area contributed by atoms with Gasteiger partial charge in [-0.15, -0.1) is 0 Å². The average Bonchev–Trinajstić information content (AvgIpc) is 2.87. The molecule has 0 radical (unpaired) electrons. The van der Waals surface area contributed by atoms with E-state index in [1.165, 1.54) is 4.31 Å². The van der Waals surface area contributed by atoms with Crippen LogP contribution in [-0.4, -0.2) is 25.1 Å². The molecule has 2 aromatic rings. The SMILES string of the molecule is Cc1ccc(S(=O)(=O)N2CCc3cccc4c3C2CC4=O)cc1. The second-order valence-corrected chi connectivity index (χ2v) is 8.09. The van der Waals surface area contributed by atoms with E-state index in [-0.39, 0.29) is 18.2 Å². The lowest BCUT2D eigenvalue weighted by atomic mass is 9.95. The highest BCUT2D eigenvalue weighted by Crippen LogP contribution is 2.43. The molecule has 1 heterocycles. The molecule has 23 heavy (non-hydrogen) atoms. The highest BCUT2D eigenvalue weighted by molar-refractivity contribution is 7.89. The Bertz CT molecular complexity index is 900. The Morgan fingerprint density at radius 1 is 1.09 bits per heavy atom. The topological polar surface area (TPSA) is 54.5 Å². The maximum Gasteiger partial charge on any atom is 0.243 e. The number of Topliss-reactive ketones (excluding diaryl/α,β-unsaturated/α-hetero) is 1. The fraction of sp³-hybridized carbons (Fsp3) is 0.278. The van der Waals surface area contributed by atoms with Gasteiger partial charge in [0.05, 0.1) is 10.9 Å². The van der Waals surface area contributed by atoms with Crippen LogP contribution in [0.3, 0.4) is 0 Å². The van der Waals surface area contributed by atoms with Crippen LogP contribution in [0, 0.1) is 6.92 Å². The van der Waals surface area contributed by atoms with E-state index in [9.17, 15) is 13.2 Å². The van der Waals surface area contributed by atoms with Crippen LogP contribution in [0.15, 0.2) is 47.4 Å². The third-order valence-corrected chi connectivity index (χ3v) is 6.71. The summed E-state index contributed by atoms with van der Waals surface area (Å²) in [6.45, 7) is 2.35. The molecule has 0 saturated heterocycles. The van der Waals surface area contributed by atoms with Crippen LogP contribution in [0.2, 0.25) is 0 Å². The minimum Gasteiger partial charge on any atom is -0.294 e. The lowest BCUT2D eigenvalue weighted by Gasteiger charge is -2.33. The number of rotatable bonds is 2. The second kappa shape index (κ2) is 5.01. The third-order valence-electron chi connectivity index (χ3n) is 4.79. The molecule has 0 saturated carbocycles. The summed E-state index contributed by atoms with van der Waals surface area (Å²) < 4.78 is 27.6. The number of aryl methyl sites for hydroxylation is 1. The number of nitrogens with zero attached hydrogens (tertiary/aromatic N) is 1. The first-order valence-corrected chi connectivity index (χ1v) is 9.16. The maximum absolute atomic E-state index is 13.0. The lowest BCUT2D eigenvalue weighted by Crippen LogP contribution is -2.39. The standard InChI is InChI=1S/C18H17NO3S/c1-12-5-7-14(8-6-12)23(21,22)19-10-9-13-3-2-4-15-17(20)11-16(19)18(13)15/h2-8,16H,9-11H2,1H3. The zero-order chi connectivity index (χ0) is 16.2. The Labute approximate surface area is 135 Å². The number of sulfonamides is 1. The Kier molecular flexibility index (Phi) is 3.18. The van der Waals surface area contributed by atoms with Crippen LogP contribution in [-0.2, 0) is 16.4 Å². The van der Waals surface area contributed by atoms with Gasteiger partial charge in [0.2, 0.25) is 10.0 Å². The van der Waals surface area contributed by atoms with Crippen molar-refractivity contribution in [3.8, 4) is 0 Å². The van der Waals surface area contributed by atoms with Crippen LogP contribution >= 0.6 is 0 Å². The smallest absolute Gasteiger partial charge is 0.243 e. The minimum absolute atomic E-state index is 0.0397. The third kappa shape index (κ3) is 2.15. The average molecular weight is 327 g/mol. The van der Waals surface area contributed by atoms with Crippen molar-refractivity contribution in [2.24, 2.45) is 0 Å². The summed E-state index contributed by atoms with van der Waals surface area (Å²) in [6.07, 6.45) is 0.898. The number of benzene rings is 2. The van der Waals surface area contributed by atoms with E-state index in [1.54, 1.807) is 24.3 Å². The van der Waals surface area contributed by atoms with Crippen LogP contribution in [0.4, 0.5) is 0 Å². The van der Waals surface area contributed by atoms with Gasteiger partial charge in [-0.1, -0.05) is 35.9 Å². The second-order valence-electron chi connectivity index (χ2n) is 6.20. The first-order chi connectivity index (χ1) is 11.0. The fourth-order valence-electron chi connectivity index (χ4n) is 3.62. The summed E-state index contributed by atoms with van der Waals surface area (Å²) in [5, 5.41) is 0. The molecular formula is C18H17NO3S. The van der Waals surface area contributed by atoms with Crippen molar-refractivity contribution in [1.29, 1.82) is 0 Å². The van der Waals surface area contributed by atoms with Gasteiger partial charge in [-0.25, -0.2) is 8.42 Å². The number of hydrogen-bond acceptors (Lipinski definition) is 3.